The lowest BCUT2D eigenvalue weighted by molar-refractivity contribution is 0.181. The number of piperazine rings is 1. The predicted molar refractivity (Wildman–Crippen MR) is 91.4 cm³/mol. The zero-order valence-corrected chi connectivity index (χ0v) is 14.8. The number of rotatable bonds is 5. The van der Waals surface area contributed by atoms with Crippen molar-refractivity contribution in [3.05, 3.63) is 35.6 Å². The smallest absolute Gasteiger partial charge is 0.216 e. The molecule has 24 heavy (non-hydrogen) atoms. The van der Waals surface area contributed by atoms with Crippen LogP contribution in [0.4, 0.5) is 4.39 Å². The van der Waals surface area contributed by atoms with E-state index in [4.69, 9.17) is 0 Å². The van der Waals surface area contributed by atoms with Gasteiger partial charge in [0.25, 0.3) is 0 Å². The Bertz CT molecular complexity index is 651. The van der Waals surface area contributed by atoms with Gasteiger partial charge in [0.1, 0.15) is 5.82 Å². The summed E-state index contributed by atoms with van der Waals surface area (Å²) in [5.41, 5.74) is 0.644. The summed E-state index contributed by atoms with van der Waals surface area (Å²) in [5, 5.41) is 6.36. The van der Waals surface area contributed by atoms with E-state index in [-0.39, 0.29) is 11.6 Å². The lowest BCUT2D eigenvalue weighted by atomic mass is 10.1. The predicted octanol–water partition coefficient (Wildman–Crippen LogP) is 0.182. The van der Waals surface area contributed by atoms with Crippen LogP contribution in [0.2, 0.25) is 0 Å². The molecule has 2 fully saturated rings. The molecule has 2 N–H and O–H groups in total. The first-order valence-electron chi connectivity index (χ1n) is 8.27. The van der Waals surface area contributed by atoms with Crippen molar-refractivity contribution in [1.82, 2.24) is 19.8 Å². The molecule has 8 heteroatoms. The summed E-state index contributed by atoms with van der Waals surface area (Å²) in [5.74, 6) is -0.122. The van der Waals surface area contributed by atoms with Gasteiger partial charge in [0.05, 0.1) is 5.75 Å². The molecular weight excluding hydrogens is 331 g/mol. The summed E-state index contributed by atoms with van der Waals surface area (Å²) >= 11 is 0. The van der Waals surface area contributed by atoms with E-state index >= 15 is 0 Å². The van der Waals surface area contributed by atoms with E-state index in [9.17, 15) is 12.8 Å². The van der Waals surface area contributed by atoms with Gasteiger partial charge in [0.2, 0.25) is 10.0 Å². The van der Waals surface area contributed by atoms with Crippen LogP contribution in [0, 0.1) is 5.82 Å². The van der Waals surface area contributed by atoms with Crippen LogP contribution in [0.3, 0.4) is 0 Å². The van der Waals surface area contributed by atoms with Gasteiger partial charge in [-0.1, -0.05) is 12.1 Å². The Kier molecular flexibility index (Phi) is 5.22. The molecule has 1 atom stereocenters. The van der Waals surface area contributed by atoms with Gasteiger partial charge in [-0.25, -0.2) is 12.8 Å². The standard InChI is InChI=1S/C16H25FN4O2S/c1-16(11-18-13-19-16)12-24(22,23)21-8-6-20(7-9-21)10-14-2-4-15(17)5-3-14/h2-5,18-19H,6-13H2,1H3. The lowest BCUT2D eigenvalue weighted by Gasteiger charge is -2.35. The highest BCUT2D eigenvalue weighted by atomic mass is 32.2. The van der Waals surface area contributed by atoms with Crippen LogP contribution in [0.5, 0.6) is 0 Å². The van der Waals surface area contributed by atoms with E-state index in [2.05, 4.69) is 15.5 Å². The van der Waals surface area contributed by atoms with Crippen molar-refractivity contribution in [1.29, 1.82) is 0 Å². The van der Waals surface area contributed by atoms with E-state index in [1.165, 1.54) is 12.1 Å². The molecule has 2 aliphatic heterocycles. The average molecular weight is 356 g/mol. The molecule has 0 spiro atoms. The van der Waals surface area contributed by atoms with Gasteiger partial charge in [-0.15, -0.1) is 0 Å². The van der Waals surface area contributed by atoms with E-state index in [0.717, 1.165) is 12.1 Å². The summed E-state index contributed by atoms with van der Waals surface area (Å²) in [4.78, 5) is 2.20. The van der Waals surface area contributed by atoms with Crippen LogP contribution >= 0.6 is 0 Å². The summed E-state index contributed by atoms with van der Waals surface area (Å²) < 4.78 is 39.8. The van der Waals surface area contributed by atoms with Gasteiger partial charge >= 0.3 is 0 Å². The highest BCUT2D eigenvalue weighted by molar-refractivity contribution is 7.89. The van der Waals surface area contributed by atoms with Crippen LogP contribution < -0.4 is 10.6 Å². The molecule has 1 aromatic rings. The van der Waals surface area contributed by atoms with Crippen LogP contribution in [0.15, 0.2) is 24.3 Å². The topological polar surface area (TPSA) is 64.7 Å². The Morgan fingerprint density at radius 2 is 1.83 bits per heavy atom. The van der Waals surface area contributed by atoms with Crippen molar-refractivity contribution < 1.29 is 12.8 Å². The third-order valence-electron chi connectivity index (χ3n) is 4.70. The minimum absolute atomic E-state index is 0.116. The maximum Gasteiger partial charge on any atom is 0.216 e. The first-order chi connectivity index (χ1) is 11.4. The quantitative estimate of drug-likeness (QED) is 0.788. The number of nitrogens with one attached hydrogen (secondary N) is 2. The van der Waals surface area contributed by atoms with Crippen molar-refractivity contribution in [3.63, 3.8) is 0 Å². The number of benzene rings is 1. The summed E-state index contributed by atoms with van der Waals surface area (Å²) in [7, 11) is -3.27. The van der Waals surface area contributed by atoms with Gasteiger partial charge in [-0.3, -0.25) is 10.2 Å². The van der Waals surface area contributed by atoms with Crippen LogP contribution in [0.1, 0.15) is 12.5 Å². The zero-order valence-electron chi connectivity index (χ0n) is 14.0. The molecule has 0 saturated carbocycles. The van der Waals surface area contributed by atoms with Gasteiger partial charge in [0, 0.05) is 51.5 Å². The molecule has 1 unspecified atom stereocenters. The number of hydrogen-bond donors (Lipinski definition) is 2. The number of nitrogens with zero attached hydrogens (tertiary/aromatic N) is 2. The molecule has 2 heterocycles. The molecule has 0 bridgehead atoms. The Morgan fingerprint density at radius 1 is 1.17 bits per heavy atom. The summed E-state index contributed by atoms with van der Waals surface area (Å²) in [6.45, 7) is 6.37. The SMILES string of the molecule is CC1(CS(=O)(=O)N2CCN(Cc3ccc(F)cc3)CC2)CNCN1. The van der Waals surface area contributed by atoms with Crippen molar-refractivity contribution in [2.75, 3.05) is 45.1 Å². The second-order valence-electron chi connectivity index (χ2n) is 6.90. The summed E-state index contributed by atoms with van der Waals surface area (Å²) in [6.07, 6.45) is 0. The zero-order chi connectivity index (χ0) is 17.2. The molecule has 0 aliphatic carbocycles. The van der Waals surface area contributed by atoms with E-state index in [1.54, 1.807) is 16.4 Å². The average Bonchev–Trinajstić information content (AvgIpc) is 2.95. The third kappa shape index (κ3) is 4.31. The fourth-order valence-corrected chi connectivity index (χ4v) is 5.20. The maximum atomic E-state index is 12.9. The Balaban J connectivity index is 1.53. The monoisotopic (exact) mass is 356 g/mol. The van der Waals surface area contributed by atoms with Crippen molar-refractivity contribution in [2.24, 2.45) is 0 Å². The molecule has 6 nitrogen and oxygen atoms in total. The largest absolute Gasteiger partial charge is 0.303 e. The van der Waals surface area contributed by atoms with Crippen molar-refractivity contribution in [3.8, 4) is 0 Å². The minimum atomic E-state index is -3.27. The maximum absolute atomic E-state index is 12.9. The lowest BCUT2D eigenvalue weighted by Crippen LogP contribution is -2.54. The number of hydrogen-bond acceptors (Lipinski definition) is 5. The van der Waals surface area contributed by atoms with Crippen LogP contribution in [-0.4, -0.2) is 68.3 Å². The van der Waals surface area contributed by atoms with Gasteiger partial charge < -0.3 is 5.32 Å². The van der Waals surface area contributed by atoms with E-state index in [0.29, 0.717) is 39.4 Å². The minimum Gasteiger partial charge on any atom is -0.303 e. The molecule has 2 aliphatic rings. The van der Waals surface area contributed by atoms with Crippen LogP contribution in [0.25, 0.3) is 0 Å². The molecule has 3 rings (SSSR count). The first-order valence-corrected chi connectivity index (χ1v) is 9.88. The van der Waals surface area contributed by atoms with Gasteiger partial charge in [0.15, 0.2) is 0 Å². The van der Waals surface area contributed by atoms with E-state index < -0.39 is 15.6 Å². The second-order valence-corrected chi connectivity index (χ2v) is 8.87. The molecule has 2 saturated heterocycles. The molecular formula is C16H25FN4O2S. The molecule has 0 radical (unpaired) electrons. The fraction of sp³-hybridized carbons (Fsp3) is 0.625. The summed E-state index contributed by atoms with van der Waals surface area (Å²) in [6, 6.07) is 6.47. The Morgan fingerprint density at radius 3 is 2.42 bits per heavy atom. The van der Waals surface area contributed by atoms with Crippen molar-refractivity contribution in [2.45, 2.75) is 19.0 Å². The Labute approximate surface area is 143 Å². The third-order valence-corrected chi connectivity index (χ3v) is 6.85. The fourth-order valence-electron chi connectivity index (χ4n) is 3.29. The molecule has 0 amide bonds. The highest BCUT2D eigenvalue weighted by Crippen LogP contribution is 2.17. The van der Waals surface area contributed by atoms with Gasteiger partial charge in [-0.2, -0.15) is 4.31 Å². The number of halogens is 1. The Hall–Kier alpha value is -1.06. The van der Waals surface area contributed by atoms with Crippen molar-refractivity contribution >= 4 is 10.0 Å². The molecule has 134 valence electrons. The van der Waals surface area contributed by atoms with E-state index in [1.807, 2.05) is 6.92 Å². The molecule has 0 aromatic heterocycles. The molecule has 1 aromatic carbocycles. The van der Waals surface area contributed by atoms with Gasteiger partial charge in [-0.05, 0) is 24.6 Å². The first kappa shape index (κ1) is 17.8. The number of sulfonamides is 1. The second kappa shape index (κ2) is 7.05. The highest BCUT2D eigenvalue weighted by Gasteiger charge is 2.37. The van der Waals surface area contributed by atoms with Crippen LogP contribution in [-0.2, 0) is 16.6 Å². The normalized spacial score (nSPS) is 26.8.